The summed E-state index contributed by atoms with van der Waals surface area (Å²) in [7, 11) is 3.08. The molecule has 2 aromatic heterocycles. The van der Waals surface area contributed by atoms with Crippen molar-refractivity contribution in [2.75, 3.05) is 26.6 Å². The van der Waals surface area contributed by atoms with E-state index in [-0.39, 0.29) is 17.3 Å². The second-order valence-electron chi connectivity index (χ2n) is 6.95. The molecule has 0 aliphatic carbocycles. The summed E-state index contributed by atoms with van der Waals surface area (Å²) in [6, 6.07) is 12.3. The minimum Gasteiger partial charge on any atom is -0.494 e. The quantitative estimate of drug-likeness (QED) is 0.269. The normalized spacial score (nSPS) is 10.9. The van der Waals surface area contributed by atoms with Crippen LogP contribution in [0.4, 0.5) is 5.82 Å². The van der Waals surface area contributed by atoms with E-state index in [2.05, 4.69) is 31.2 Å². The van der Waals surface area contributed by atoms with Gasteiger partial charge in [-0.2, -0.15) is 9.78 Å². The second kappa shape index (κ2) is 10.3. The van der Waals surface area contributed by atoms with Crippen LogP contribution in [0.25, 0.3) is 17.1 Å². The molecule has 0 aliphatic rings. The number of hydrogen-bond acceptors (Lipinski definition) is 11. The highest BCUT2D eigenvalue weighted by Crippen LogP contribution is 2.29. The van der Waals surface area contributed by atoms with Crippen molar-refractivity contribution in [3.63, 3.8) is 0 Å². The summed E-state index contributed by atoms with van der Waals surface area (Å²) in [6.45, 7) is 2.34. The van der Waals surface area contributed by atoms with Crippen LogP contribution in [0.2, 0.25) is 0 Å². The van der Waals surface area contributed by atoms with Gasteiger partial charge in [0.2, 0.25) is 11.6 Å². The van der Waals surface area contributed by atoms with Crippen molar-refractivity contribution in [1.82, 2.24) is 30.7 Å². The molecule has 0 radical (unpaired) electrons. The molecule has 4 rings (SSSR count). The Morgan fingerprint density at radius 1 is 1.17 bits per heavy atom. The van der Waals surface area contributed by atoms with Crippen LogP contribution in [0.15, 0.2) is 52.2 Å². The molecule has 0 bridgehead atoms. The van der Waals surface area contributed by atoms with E-state index in [1.165, 1.54) is 18.0 Å². The van der Waals surface area contributed by atoms with Crippen LogP contribution in [-0.4, -0.2) is 58.3 Å². The Balaban J connectivity index is 1.66. The maximum atomic E-state index is 13.0. The van der Waals surface area contributed by atoms with Gasteiger partial charge in [0.15, 0.2) is 17.2 Å². The molecule has 0 unspecified atom stereocenters. The summed E-state index contributed by atoms with van der Waals surface area (Å²) in [5.41, 5.74) is 9.84. The first-order valence-electron chi connectivity index (χ1n) is 10.4. The number of aromatic nitrogens is 5. The van der Waals surface area contributed by atoms with Gasteiger partial charge in [0.05, 0.1) is 27.0 Å². The number of nitrogens with two attached hydrogens (primary N) is 1. The van der Waals surface area contributed by atoms with Gasteiger partial charge in [-0.15, -0.1) is 5.10 Å². The van der Waals surface area contributed by atoms with E-state index in [4.69, 9.17) is 24.6 Å². The lowest BCUT2D eigenvalue weighted by Crippen LogP contribution is -2.19. The molecule has 1 amide bonds. The summed E-state index contributed by atoms with van der Waals surface area (Å²) in [4.78, 5) is 13.0. The molecule has 2 heterocycles. The van der Waals surface area contributed by atoms with Crippen molar-refractivity contribution in [2.24, 2.45) is 5.10 Å². The van der Waals surface area contributed by atoms with Gasteiger partial charge in [0.25, 0.3) is 5.91 Å². The first-order valence-corrected chi connectivity index (χ1v) is 10.4. The third-order valence-corrected chi connectivity index (χ3v) is 4.79. The van der Waals surface area contributed by atoms with Gasteiger partial charge in [-0.3, -0.25) is 4.79 Å². The molecule has 2 aromatic carbocycles. The molecular weight excluding hydrogens is 456 g/mol. The standard InChI is InChI=1S/C22H22N8O5/c1-4-34-15-7-5-6-14(11-15)19-18(25-29-30(19)21-20(23)27-35-28-21)22(31)26-24-12-13-8-9-16(32-2)17(10-13)33-3/h5-12H,4H2,1-3H3,(H2,23,27)(H,26,31)/b24-12-. The highest BCUT2D eigenvalue weighted by atomic mass is 16.6. The topological polar surface area (TPSA) is 165 Å². The Bertz CT molecular complexity index is 1360. The summed E-state index contributed by atoms with van der Waals surface area (Å²) in [6.07, 6.45) is 1.46. The van der Waals surface area contributed by atoms with Crippen LogP contribution in [0.5, 0.6) is 17.2 Å². The van der Waals surface area contributed by atoms with Crippen LogP contribution in [0, 0.1) is 0 Å². The van der Waals surface area contributed by atoms with Crippen LogP contribution in [0.1, 0.15) is 23.0 Å². The zero-order valence-corrected chi connectivity index (χ0v) is 19.1. The molecule has 0 atom stereocenters. The third kappa shape index (κ3) is 4.88. The van der Waals surface area contributed by atoms with Crippen molar-refractivity contribution >= 4 is 17.9 Å². The minimum absolute atomic E-state index is 0.0180. The fraction of sp³-hybridized carbons (Fsp3) is 0.182. The number of nitrogens with one attached hydrogen (secondary N) is 1. The van der Waals surface area contributed by atoms with E-state index in [9.17, 15) is 4.79 Å². The number of nitrogens with zero attached hydrogens (tertiary/aromatic N) is 6. The van der Waals surface area contributed by atoms with Gasteiger partial charge in [-0.25, -0.2) is 10.1 Å². The van der Waals surface area contributed by atoms with Crippen molar-refractivity contribution in [3.05, 3.63) is 53.7 Å². The molecule has 4 aromatic rings. The van der Waals surface area contributed by atoms with Crippen molar-refractivity contribution in [1.29, 1.82) is 0 Å². The number of nitrogen functional groups attached to an aromatic ring is 1. The number of hydrazone groups is 1. The molecule has 13 nitrogen and oxygen atoms in total. The summed E-state index contributed by atoms with van der Waals surface area (Å²) in [5, 5.41) is 19.4. The van der Waals surface area contributed by atoms with E-state index in [0.29, 0.717) is 40.7 Å². The monoisotopic (exact) mass is 478 g/mol. The average Bonchev–Trinajstić information content (AvgIpc) is 3.50. The smallest absolute Gasteiger partial charge is 0.294 e. The number of methoxy groups -OCH3 is 2. The van der Waals surface area contributed by atoms with E-state index in [0.717, 1.165) is 0 Å². The van der Waals surface area contributed by atoms with E-state index >= 15 is 0 Å². The Morgan fingerprint density at radius 3 is 2.71 bits per heavy atom. The van der Waals surface area contributed by atoms with E-state index in [1.807, 2.05) is 6.92 Å². The maximum absolute atomic E-state index is 13.0. The van der Waals surface area contributed by atoms with Crippen molar-refractivity contribution in [3.8, 4) is 34.3 Å². The molecule has 13 heteroatoms. The molecule has 35 heavy (non-hydrogen) atoms. The lowest BCUT2D eigenvalue weighted by Gasteiger charge is -2.08. The third-order valence-electron chi connectivity index (χ3n) is 4.79. The van der Waals surface area contributed by atoms with E-state index in [1.54, 1.807) is 49.6 Å². The average molecular weight is 478 g/mol. The minimum atomic E-state index is -0.611. The number of carbonyl (C=O) groups is 1. The number of hydrogen-bond donors (Lipinski definition) is 2. The van der Waals surface area contributed by atoms with Gasteiger partial charge in [0.1, 0.15) is 11.4 Å². The Hall–Kier alpha value is -4.94. The van der Waals surface area contributed by atoms with Gasteiger partial charge in [-0.05, 0) is 53.1 Å². The molecule has 0 saturated heterocycles. The number of carbonyl (C=O) groups excluding carboxylic acids is 1. The SMILES string of the molecule is CCOc1cccc(-c2c(C(=O)N/N=C\c3ccc(OC)c(OC)c3)nnn2-c2nonc2N)c1. The molecule has 0 aliphatic heterocycles. The highest BCUT2D eigenvalue weighted by molar-refractivity contribution is 5.99. The van der Waals surface area contributed by atoms with Crippen LogP contribution in [0.3, 0.4) is 0 Å². The van der Waals surface area contributed by atoms with Crippen LogP contribution < -0.4 is 25.4 Å². The number of amides is 1. The largest absolute Gasteiger partial charge is 0.494 e. The number of ether oxygens (including phenoxy) is 3. The predicted molar refractivity (Wildman–Crippen MR) is 125 cm³/mol. The van der Waals surface area contributed by atoms with Crippen molar-refractivity contribution < 1.29 is 23.6 Å². The summed E-state index contributed by atoms with van der Waals surface area (Å²) >= 11 is 0. The fourth-order valence-electron chi connectivity index (χ4n) is 3.23. The summed E-state index contributed by atoms with van der Waals surface area (Å²) < 4.78 is 22.0. The first kappa shape index (κ1) is 23.2. The predicted octanol–water partition coefficient (Wildman–Crippen LogP) is 2.08. The fourth-order valence-corrected chi connectivity index (χ4v) is 3.23. The molecular formula is C22H22N8O5. The Kier molecular flexibility index (Phi) is 6.86. The zero-order valence-electron chi connectivity index (χ0n) is 19.1. The van der Waals surface area contributed by atoms with Gasteiger partial charge in [-0.1, -0.05) is 17.3 Å². The molecule has 0 spiro atoms. The lowest BCUT2D eigenvalue weighted by molar-refractivity contribution is 0.0950. The maximum Gasteiger partial charge on any atom is 0.294 e. The lowest BCUT2D eigenvalue weighted by atomic mass is 10.1. The van der Waals surface area contributed by atoms with E-state index < -0.39 is 5.91 Å². The number of anilines is 1. The van der Waals surface area contributed by atoms with Gasteiger partial charge in [0, 0.05) is 5.56 Å². The highest BCUT2D eigenvalue weighted by Gasteiger charge is 2.25. The molecule has 180 valence electrons. The van der Waals surface area contributed by atoms with Gasteiger partial charge < -0.3 is 19.9 Å². The summed E-state index contributed by atoms with van der Waals surface area (Å²) in [5.74, 6) is 1.16. The molecule has 3 N–H and O–H groups in total. The second-order valence-corrected chi connectivity index (χ2v) is 6.95. The van der Waals surface area contributed by atoms with Crippen LogP contribution >= 0.6 is 0 Å². The first-order chi connectivity index (χ1) is 17.0. The zero-order chi connectivity index (χ0) is 24.8. The Labute approximate surface area is 199 Å². The van der Waals surface area contributed by atoms with Gasteiger partial charge >= 0.3 is 0 Å². The Morgan fingerprint density at radius 2 is 2.00 bits per heavy atom. The molecule has 0 saturated carbocycles. The van der Waals surface area contributed by atoms with Crippen LogP contribution in [-0.2, 0) is 0 Å². The molecule has 0 fully saturated rings. The number of benzene rings is 2. The van der Waals surface area contributed by atoms with Crippen molar-refractivity contribution in [2.45, 2.75) is 6.92 Å². The number of rotatable bonds is 9.